The Morgan fingerprint density at radius 2 is 1.71 bits per heavy atom. The average molecular weight is 422 g/mol. The van der Waals surface area contributed by atoms with Crippen LogP contribution < -0.4 is 9.80 Å². The molecule has 3 heterocycles. The Bertz CT molecular complexity index is 1020. The van der Waals surface area contributed by atoms with Gasteiger partial charge in [0, 0.05) is 36.9 Å². The molecule has 4 rings (SSSR count). The molecule has 1 aliphatic heterocycles. The number of rotatable bonds is 5. The van der Waals surface area contributed by atoms with E-state index >= 15 is 0 Å². The van der Waals surface area contributed by atoms with Crippen molar-refractivity contribution < 1.29 is 10.2 Å². The van der Waals surface area contributed by atoms with Crippen LogP contribution in [0.4, 0.5) is 11.8 Å². The van der Waals surface area contributed by atoms with Crippen LogP contribution >= 0.6 is 0 Å². The third-order valence-corrected chi connectivity index (χ3v) is 5.34. The number of piperazine rings is 1. The largest absolute Gasteiger partial charge is 0.388 e. The molecule has 0 spiro atoms. The Kier molecular flexibility index (Phi) is 6.06. The monoisotopic (exact) mass is 421 g/mol. The summed E-state index contributed by atoms with van der Waals surface area (Å²) < 4.78 is 0. The van der Waals surface area contributed by atoms with E-state index in [9.17, 15) is 10.2 Å². The van der Waals surface area contributed by atoms with Gasteiger partial charge in [0.1, 0.15) is 18.5 Å². The summed E-state index contributed by atoms with van der Waals surface area (Å²) in [6.45, 7) is 7.03. The molecule has 1 fully saturated rings. The van der Waals surface area contributed by atoms with Crippen molar-refractivity contribution in [3.05, 3.63) is 54.2 Å². The number of aromatic nitrogens is 5. The third-order valence-electron chi connectivity index (χ3n) is 5.34. The molecule has 3 atom stereocenters. The summed E-state index contributed by atoms with van der Waals surface area (Å²) in [6, 6.07) is 11.8. The smallest absolute Gasteiger partial charge is 0.229 e. The van der Waals surface area contributed by atoms with Gasteiger partial charge < -0.3 is 20.0 Å². The molecule has 0 bridgehead atoms. The second-order valence-corrected chi connectivity index (χ2v) is 7.86. The molecule has 2 N–H and O–H groups in total. The Hall–Kier alpha value is -3.17. The van der Waals surface area contributed by atoms with Crippen LogP contribution in [0.15, 0.2) is 42.6 Å². The molecule has 0 saturated carbocycles. The fourth-order valence-electron chi connectivity index (χ4n) is 3.98. The molecule has 1 saturated heterocycles. The van der Waals surface area contributed by atoms with Gasteiger partial charge in [0.15, 0.2) is 17.5 Å². The van der Waals surface area contributed by atoms with Crippen LogP contribution in [0, 0.1) is 0 Å². The molecule has 1 aromatic carbocycles. The summed E-state index contributed by atoms with van der Waals surface area (Å²) in [5.74, 6) is 2.67. The van der Waals surface area contributed by atoms with Gasteiger partial charge >= 0.3 is 0 Å². The SMILES string of the molecule is C[C@@H]1CN(c2nc(CO)nc(-c3ccccc3)n2)C[C@H](C)N1c1ccnc([C@@H](C)O)n1. The maximum atomic E-state index is 9.84. The van der Waals surface area contributed by atoms with E-state index in [-0.39, 0.29) is 18.7 Å². The summed E-state index contributed by atoms with van der Waals surface area (Å²) in [4.78, 5) is 26.6. The normalized spacial score (nSPS) is 20.0. The van der Waals surface area contributed by atoms with Crippen LogP contribution in [0.1, 0.15) is 38.5 Å². The third kappa shape index (κ3) is 4.47. The van der Waals surface area contributed by atoms with E-state index in [1.54, 1.807) is 13.1 Å². The van der Waals surface area contributed by atoms with Gasteiger partial charge in [-0.15, -0.1) is 0 Å². The Labute approximate surface area is 181 Å². The minimum atomic E-state index is -0.717. The topological polar surface area (TPSA) is 111 Å². The molecular formula is C22H27N7O2. The lowest BCUT2D eigenvalue weighted by molar-refractivity contribution is 0.189. The zero-order valence-electron chi connectivity index (χ0n) is 17.9. The molecular weight excluding hydrogens is 394 g/mol. The fraction of sp³-hybridized carbons (Fsp3) is 0.409. The van der Waals surface area contributed by atoms with Crippen molar-refractivity contribution >= 4 is 11.8 Å². The second kappa shape index (κ2) is 8.91. The average Bonchev–Trinajstić information content (AvgIpc) is 2.79. The first kappa shape index (κ1) is 21.1. The van der Waals surface area contributed by atoms with Crippen LogP contribution in [-0.2, 0) is 6.61 Å². The Balaban J connectivity index is 1.61. The van der Waals surface area contributed by atoms with Crippen molar-refractivity contribution in [2.24, 2.45) is 0 Å². The van der Waals surface area contributed by atoms with Gasteiger partial charge in [0.05, 0.1) is 0 Å². The van der Waals surface area contributed by atoms with E-state index in [0.717, 1.165) is 11.4 Å². The lowest BCUT2D eigenvalue weighted by Gasteiger charge is -2.45. The van der Waals surface area contributed by atoms with Crippen LogP contribution in [-0.4, -0.2) is 60.3 Å². The summed E-state index contributed by atoms with van der Waals surface area (Å²) >= 11 is 0. The first-order valence-corrected chi connectivity index (χ1v) is 10.4. The van der Waals surface area contributed by atoms with Gasteiger partial charge in [0.2, 0.25) is 5.95 Å². The van der Waals surface area contributed by atoms with Gasteiger partial charge in [-0.1, -0.05) is 30.3 Å². The highest BCUT2D eigenvalue weighted by Crippen LogP contribution is 2.26. The highest BCUT2D eigenvalue weighted by molar-refractivity contribution is 5.56. The van der Waals surface area contributed by atoms with E-state index in [4.69, 9.17) is 4.98 Å². The molecule has 0 amide bonds. The molecule has 2 aromatic heterocycles. The maximum Gasteiger partial charge on any atom is 0.229 e. The number of anilines is 2. The summed E-state index contributed by atoms with van der Waals surface area (Å²) in [7, 11) is 0. The zero-order valence-corrected chi connectivity index (χ0v) is 17.9. The predicted molar refractivity (Wildman–Crippen MR) is 117 cm³/mol. The molecule has 9 heteroatoms. The minimum Gasteiger partial charge on any atom is -0.388 e. The van der Waals surface area contributed by atoms with E-state index < -0.39 is 6.10 Å². The quantitative estimate of drug-likeness (QED) is 0.639. The van der Waals surface area contributed by atoms with Gasteiger partial charge in [0.25, 0.3) is 0 Å². The van der Waals surface area contributed by atoms with Gasteiger partial charge in [-0.3, -0.25) is 0 Å². The molecule has 0 aliphatic carbocycles. The van der Waals surface area contributed by atoms with Gasteiger partial charge in [-0.25, -0.2) is 15.0 Å². The van der Waals surface area contributed by atoms with Crippen molar-refractivity contribution in [3.8, 4) is 11.4 Å². The molecule has 9 nitrogen and oxygen atoms in total. The summed E-state index contributed by atoms with van der Waals surface area (Å²) in [5, 5.41) is 19.5. The number of hydrogen-bond donors (Lipinski definition) is 2. The zero-order chi connectivity index (χ0) is 22.0. The van der Waals surface area contributed by atoms with E-state index in [1.807, 2.05) is 36.4 Å². The van der Waals surface area contributed by atoms with Crippen molar-refractivity contribution in [2.75, 3.05) is 22.9 Å². The molecule has 0 unspecified atom stereocenters. The first-order chi connectivity index (χ1) is 15.0. The number of benzene rings is 1. The van der Waals surface area contributed by atoms with E-state index in [1.165, 1.54) is 0 Å². The second-order valence-electron chi connectivity index (χ2n) is 7.86. The molecule has 162 valence electrons. The molecule has 31 heavy (non-hydrogen) atoms. The van der Waals surface area contributed by atoms with Crippen molar-refractivity contribution in [2.45, 2.75) is 45.6 Å². The number of nitrogens with zero attached hydrogens (tertiary/aromatic N) is 7. The van der Waals surface area contributed by atoms with Crippen molar-refractivity contribution in [1.82, 2.24) is 24.9 Å². The van der Waals surface area contributed by atoms with Crippen LogP contribution in [0.3, 0.4) is 0 Å². The molecule has 0 radical (unpaired) electrons. The van der Waals surface area contributed by atoms with Crippen molar-refractivity contribution in [1.29, 1.82) is 0 Å². The highest BCUT2D eigenvalue weighted by Gasteiger charge is 2.32. The highest BCUT2D eigenvalue weighted by atomic mass is 16.3. The first-order valence-electron chi connectivity index (χ1n) is 10.4. The Morgan fingerprint density at radius 1 is 1.00 bits per heavy atom. The van der Waals surface area contributed by atoms with E-state index in [0.29, 0.717) is 36.5 Å². The minimum absolute atomic E-state index is 0.120. The number of aliphatic hydroxyl groups excluding tert-OH is 2. The number of aliphatic hydroxyl groups is 2. The lowest BCUT2D eigenvalue weighted by atomic mass is 10.1. The van der Waals surface area contributed by atoms with Crippen LogP contribution in [0.25, 0.3) is 11.4 Å². The fourth-order valence-corrected chi connectivity index (χ4v) is 3.98. The molecule has 1 aliphatic rings. The number of hydrogen-bond acceptors (Lipinski definition) is 9. The van der Waals surface area contributed by atoms with Gasteiger partial charge in [-0.2, -0.15) is 9.97 Å². The van der Waals surface area contributed by atoms with E-state index in [2.05, 4.69) is 43.6 Å². The lowest BCUT2D eigenvalue weighted by Crippen LogP contribution is -2.57. The van der Waals surface area contributed by atoms with Crippen LogP contribution in [0.2, 0.25) is 0 Å². The maximum absolute atomic E-state index is 9.84. The predicted octanol–water partition coefficient (Wildman–Crippen LogP) is 1.98. The Morgan fingerprint density at radius 3 is 2.35 bits per heavy atom. The van der Waals surface area contributed by atoms with Crippen molar-refractivity contribution in [3.63, 3.8) is 0 Å². The molecule has 3 aromatic rings. The summed E-state index contributed by atoms with van der Waals surface area (Å²) in [5.41, 5.74) is 0.882. The summed E-state index contributed by atoms with van der Waals surface area (Å²) in [6.07, 6.45) is 0.965. The standard InChI is InChI=1S/C22H27N7O2/c1-14-11-28(12-15(2)29(14)19-9-10-23-20(26-19)16(3)31)22-25-18(13-30)24-21(27-22)17-7-5-4-6-8-17/h4-10,14-16,30-31H,11-13H2,1-3H3/t14-,15+,16-/m1/s1. The van der Waals surface area contributed by atoms with Crippen LogP contribution in [0.5, 0.6) is 0 Å². The van der Waals surface area contributed by atoms with Gasteiger partial charge in [-0.05, 0) is 26.8 Å².